The lowest BCUT2D eigenvalue weighted by molar-refractivity contribution is 1.08. The molecule has 0 fully saturated rings. The minimum absolute atomic E-state index is 0. The van der Waals surface area contributed by atoms with Crippen molar-refractivity contribution in [2.75, 3.05) is 0 Å². The molecule has 3 rings (SSSR count). The molecule has 0 atom stereocenters. The summed E-state index contributed by atoms with van der Waals surface area (Å²) in [7, 11) is 0. The predicted molar refractivity (Wildman–Crippen MR) is 88.9 cm³/mol. The fourth-order valence-corrected chi connectivity index (χ4v) is 2.27. The zero-order valence-corrected chi connectivity index (χ0v) is 10.7. The van der Waals surface area contributed by atoms with E-state index in [2.05, 4.69) is 59.6 Å². The Kier molecular flexibility index (Phi) is 4.72. The van der Waals surface area contributed by atoms with E-state index in [0.29, 0.717) is 0 Å². The molecule has 0 saturated carbocycles. The molecule has 1 nitrogen and oxygen atoms in total. The highest BCUT2D eigenvalue weighted by Crippen LogP contribution is 2.24. The third kappa shape index (κ3) is 3.15. The normalized spacial score (nSPS) is 9.80. The largest absolute Gasteiger partial charge is 0.261 e. The standard InChI is InChI=1S/C18H15N.BH3/c1-2-8-15(9-3-1)18-12-5-4-10-16(18)14-17-11-6-7-13-19-17;/h1-13H,14H2;1H3. The summed E-state index contributed by atoms with van der Waals surface area (Å²) < 4.78 is 0. The van der Waals surface area contributed by atoms with Gasteiger partial charge in [-0.05, 0) is 28.8 Å². The molecule has 1 heterocycles. The molecule has 3 aromatic rings. The van der Waals surface area contributed by atoms with Crippen molar-refractivity contribution in [3.63, 3.8) is 0 Å². The monoisotopic (exact) mass is 259 g/mol. The second-order valence-electron chi connectivity index (χ2n) is 4.52. The number of hydrogen-bond donors (Lipinski definition) is 0. The maximum atomic E-state index is 4.41. The van der Waals surface area contributed by atoms with Crippen LogP contribution in [0.25, 0.3) is 11.1 Å². The van der Waals surface area contributed by atoms with Crippen molar-refractivity contribution in [2.45, 2.75) is 6.42 Å². The van der Waals surface area contributed by atoms with E-state index in [1.165, 1.54) is 16.7 Å². The van der Waals surface area contributed by atoms with Gasteiger partial charge in [0.15, 0.2) is 0 Å². The molecule has 0 unspecified atom stereocenters. The number of benzene rings is 2. The molecule has 20 heavy (non-hydrogen) atoms. The molecule has 98 valence electrons. The fraction of sp³-hybridized carbons (Fsp3) is 0.0556. The summed E-state index contributed by atoms with van der Waals surface area (Å²) in [6.07, 6.45) is 2.71. The van der Waals surface area contributed by atoms with Crippen LogP contribution < -0.4 is 0 Å². The summed E-state index contributed by atoms with van der Waals surface area (Å²) in [6, 6.07) is 25.1. The van der Waals surface area contributed by atoms with E-state index in [0.717, 1.165) is 12.1 Å². The lowest BCUT2D eigenvalue weighted by atomic mass is 9.97. The number of hydrogen-bond acceptors (Lipinski definition) is 1. The van der Waals surface area contributed by atoms with E-state index >= 15 is 0 Å². The van der Waals surface area contributed by atoms with Crippen LogP contribution in [-0.4, -0.2) is 13.4 Å². The highest BCUT2D eigenvalue weighted by Gasteiger charge is 2.05. The van der Waals surface area contributed by atoms with Crippen LogP contribution in [0.5, 0.6) is 0 Å². The lowest BCUT2D eigenvalue weighted by Crippen LogP contribution is -1.94. The summed E-state index contributed by atoms with van der Waals surface area (Å²) in [6.45, 7) is 0. The van der Waals surface area contributed by atoms with E-state index in [4.69, 9.17) is 0 Å². The Hall–Kier alpha value is -2.35. The molecule has 0 aliphatic heterocycles. The average Bonchev–Trinajstić information content (AvgIpc) is 2.50. The Labute approximate surface area is 121 Å². The van der Waals surface area contributed by atoms with Crippen molar-refractivity contribution < 1.29 is 0 Å². The van der Waals surface area contributed by atoms with Gasteiger partial charge in [0.25, 0.3) is 0 Å². The van der Waals surface area contributed by atoms with E-state index in [-0.39, 0.29) is 8.41 Å². The molecule has 2 aromatic carbocycles. The first-order valence-corrected chi connectivity index (χ1v) is 6.47. The number of rotatable bonds is 3. The van der Waals surface area contributed by atoms with Gasteiger partial charge in [0.05, 0.1) is 8.41 Å². The molecule has 0 N–H and O–H groups in total. The van der Waals surface area contributed by atoms with Gasteiger partial charge in [-0.3, -0.25) is 4.98 Å². The minimum Gasteiger partial charge on any atom is -0.261 e. The molecule has 0 saturated heterocycles. The number of pyridine rings is 1. The van der Waals surface area contributed by atoms with Crippen molar-refractivity contribution in [1.82, 2.24) is 4.98 Å². The second kappa shape index (κ2) is 6.71. The number of nitrogens with zero attached hydrogens (tertiary/aromatic N) is 1. The van der Waals surface area contributed by atoms with Crippen LogP contribution in [0.15, 0.2) is 79.0 Å². The second-order valence-corrected chi connectivity index (χ2v) is 4.52. The van der Waals surface area contributed by atoms with E-state index in [1.807, 2.05) is 24.4 Å². The minimum atomic E-state index is 0. The van der Waals surface area contributed by atoms with Gasteiger partial charge in [0.1, 0.15) is 0 Å². The Bertz CT molecular complexity index is 651. The smallest absolute Gasteiger partial charge is 0.0814 e. The molecule has 1 aromatic heterocycles. The Morgan fingerprint density at radius 2 is 1.40 bits per heavy atom. The van der Waals surface area contributed by atoms with Gasteiger partial charge >= 0.3 is 0 Å². The molecule has 0 aliphatic rings. The third-order valence-corrected chi connectivity index (χ3v) is 3.20. The zero-order chi connectivity index (χ0) is 12.9. The summed E-state index contributed by atoms with van der Waals surface area (Å²) in [5.74, 6) is 0. The van der Waals surface area contributed by atoms with E-state index < -0.39 is 0 Å². The summed E-state index contributed by atoms with van der Waals surface area (Å²) in [4.78, 5) is 4.41. The average molecular weight is 259 g/mol. The highest BCUT2D eigenvalue weighted by atomic mass is 14.7. The Morgan fingerprint density at radius 1 is 0.700 bits per heavy atom. The lowest BCUT2D eigenvalue weighted by Gasteiger charge is -2.09. The van der Waals surface area contributed by atoms with Crippen LogP contribution in [0.4, 0.5) is 0 Å². The predicted octanol–water partition coefficient (Wildman–Crippen LogP) is 3.16. The maximum Gasteiger partial charge on any atom is 0.0814 e. The van der Waals surface area contributed by atoms with Gasteiger partial charge in [0.2, 0.25) is 0 Å². The van der Waals surface area contributed by atoms with Crippen LogP contribution in [0, 0.1) is 0 Å². The van der Waals surface area contributed by atoms with Gasteiger partial charge in [0, 0.05) is 18.3 Å². The molecular weight excluding hydrogens is 241 g/mol. The Morgan fingerprint density at radius 3 is 2.15 bits per heavy atom. The van der Waals surface area contributed by atoms with Crippen LogP contribution in [0.2, 0.25) is 0 Å². The van der Waals surface area contributed by atoms with Gasteiger partial charge in [-0.2, -0.15) is 0 Å². The van der Waals surface area contributed by atoms with Gasteiger partial charge in [-0.1, -0.05) is 60.7 Å². The summed E-state index contributed by atoms with van der Waals surface area (Å²) >= 11 is 0. The highest BCUT2D eigenvalue weighted by molar-refractivity contribution is 5.75. The third-order valence-electron chi connectivity index (χ3n) is 3.20. The van der Waals surface area contributed by atoms with Crippen molar-refractivity contribution >= 4 is 8.41 Å². The molecule has 0 radical (unpaired) electrons. The topological polar surface area (TPSA) is 12.9 Å². The molecule has 0 aliphatic carbocycles. The van der Waals surface area contributed by atoms with Crippen LogP contribution in [0.1, 0.15) is 11.3 Å². The zero-order valence-electron chi connectivity index (χ0n) is 10.7. The van der Waals surface area contributed by atoms with E-state index in [1.54, 1.807) is 0 Å². The summed E-state index contributed by atoms with van der Waals surface area (Å²) in [5, 5.41) is 0. The van der Waals surface area contributed by atoms with Crippen molar-refractivity contribution in [1.29, 1.82) is 0 Å². The maximum absolute atomic E-state index is 4.41. The first-order valence-electron chi connectivity index (χ1n) is 6.47. The van der Waals surface area contributed by atoms with Gasteiger partial charge in [-0.25, -0.2) is 0 Å². The molecular formula is C18H18BN. The summed E-state index contributed by atoms with van der Waals surface area (Å²) in [5.41, 5.74) is 4.96. The first-order chi connectivity index (χ1) is 9.43. The molecule has 0 bridgehead atoms. The van der Waals surface area contributed by atoms with Crippen LogP contribution >= 0.6 is 0 Å². The fourth-order valence-electron chi connectivity index (χ4n) is 2.27. The molecule has 2 heteroatoms. The van der Waals surface area contributed by atoms with Crippen molar-refractivity contribution in [2.24, 2.45) is 0 Å². The molecule has 0 spiro atoms. The SMILES string of the molecule is B.c1ccc(-c2ccccc2Cc2ccccn2)cc1. The number of aromatic nitrogens is 1. The van der Waals surface area contributed by atoms with Crippen LogP contribution in [0.3, 0.4) is 0 Å². The van der Waals surface area contributed by atoms with E-state index in [9.17, 15) is 0 Å². The quantitative estimate of drug-likeness (QED) is 0.658. The van der Waals surface area contributed by atoms with Crippen molar-refractivity contribution in [3.8, 4) is 11.1 Å². The Balaban J connectivity index is 0.00000147. The molecule has 0 amide bonds. The van der Waals surface area contributed by atoms with Gasteiger partial charge < -0.3 is 0 Å². The van der Waals surface area contributed by atoms with Gasteiger partial charge in [-0.15, -0.1) is 0 Å². The first kappa shape index (κ1) is 14.1. The van der Waals surface area contributed by atoms with Crippen LogP contribution in [-0.2, 0) is 6.42 Å². The van der Waals surface area contributed by atoms with Crippen molar-refractivity contribution in [3.05, 3.63) is 90.3 Å².